The van der Waals surface area contributed by atoms with Gasteiger partial charge >= 0.3 is 6.18 Å². The minimum atomic E-state index is -4.59. The van der Waals surface area contributed by atoms with Crippen molar-refractivity contribution in [3.05, 3.63) is 119 Å². The van der Waals surface area contributed by atoms with Crippen LogP contribution in [0.3, 0.4) is 0 Å². The number of thiocarbonyl (C=S) groups is 1. The molecule has 0 aliphatic carbocycles. The summed E-state index contributed by atoms with van der Waals surface area (Å²) in [5.41, 5.74) is 1.42. The van der Waals surface area contributed by atoms with E-state index in [2.05, 4.69) is 21.7 Å². The Bertz CT molecular complexity index is 1680. The van der Waals surface area contributed by atoms with Crippen LogP contribution in [-0.2, 0) is 30.5 Å². The first-order chi connectivity index (χ1) is 21.9. The monoisotopic (exact) mass is 650 g/mol. The molecule has 0 saturated carbocycles. The van der Waals surface area contributed by atoms with Gasteiger partial charge in [-0.1, -0.05) is 56.3 Å². The van der Waals surface area contributed by atoms with Gasteiger partial charge in [-0.3, -0.25) is 4.79 Å². The maximum Gasteiger partial charge on any atom is 0.416 e. The molecular formula is C34H34F4N6OS. The molecule has 12 heteroatoms. The summed E-state index contributed by atoms with van der Waals surface area (Å²) in [6.07, 6.45) is -0.835. The highest BCUT2D eigenvalue weighted by Gasteiger charge is 2.34. The van der Waals surface area contributed by atoms with Gasteiger partial charge in [0.2, 0.25) is 5.91 Å². The van der Waals surface area contributed by atoms with E-state index in [0.717, 1.165) is 11.6 Å². The Morgan fingerprint density at radius 3 is 2.43 bits per heavy atom. The fourth-order valence-electron chi connectivity index (χ4n) is 5.09. The van der Waals surface area contributed by atoms with Crippen molar-refractivity contribution >= 4 is 28.9 Å². The lowest BCUT2D eigenvalue weighted by atomic mass is 10.0. The molecule has 0 spiro atoms. The van der Waals surface area contributed by atoms with E-state index in [0.29, 0.717) is 24.2 Å². The number of hydrogen-bond acceptors (Lipinski definition) is 4. The molecule has 1 amide bonds. The molecule has 1 heterocycles. The Balaban J connectivity index is 1.54. The SMILES string of the molecule is CC(C)C[C@@H](CN(Cc1ccccc1C(F)(F)F)C(=S)Nc1ccccc1F)NC(=O)Cc1cncn1Cc1ccc(C#N)cc1. The van der Waals surface area contributed by atoms with Crippen LogP contribution < -0.4 is 10.6 Å². The van der Waals surface area contributed by atoms with Crippen LogP contribution in [0, 0.1) is 23.1 Å². The van der Waals surface area contributed by atoms with Gasteiger partial charge in [0.05, 0.1) is 35.6 Å². The Morgan fingerprint density at radius 1 is 1.07 bits per heavy atom. The van der Waals surface area contributed by atoms with E-state index in [1.807, 2.05) is 30.5 Å². The molecule has 4 rings (SSSR count). The lowest BCUT2D eigenvalue weighted by Crippen LogP contribution is -2.48. The number of nitriles is 1. The number of carbonyl (C=O) groups is 1. The number of alkyl halides is 3. The van der Waals surface area contributed by atoms with Gasteiger partial charge < -0.3 is 20.1 Å². The molecule has 0 radical (unpaired) electrons. The zero-order valence-corrected chi connectivity index (χ0v) is 26.2. The van der Waals surface area contributed by atoms with Gasteiger partial charge in [-0.15, -0.1) is 0 Å². The number of amides is 1. The molecule has 0 aliphatic rings. The van der Waals surface area contributed by atoms with E-state index < -0.39 is 23.6 Å². The Hall–Kier alpha value is -4.76. The average molecular weight is 651 g/mol. The van der Waals surface area contributed by atoms with Crippen LogP contribution >= 0.6 is 12.2 Å². The van der Waals surface area contributed by atoms with E-state index >= 15 is 0 Å². The Labute approximate surface area is 270 Å². The number of nitrogens with zero attached hydrogens (tertiary/aromatic N) is 4. The molecule has 0 fully saturated rings. The number of imidazole rings is 1. The fraction of sp³-hybridized carbons (Fsp3) is 0.294. The first-order valence-electron chi connectivity index (χ1n) is 14.7. The molecule has 0 bridgehead atoms. The van der Waals surface area contributed by atoms with Gasteiger partial charge in [0, 0.05) is 37.6 Å². The van der Waals surface area contributed by atoms with Gasteiger partial charge in [0.15, 0.2) is 5.11 Å². The van der Waals surface area contributed by atoms with Gasteiger partial charge in [-0.05, 0) is 66.0 Å². The van der Waals surface area contributed by atoms with E-state index in [-0.39, 0.29) is 47.7 Å². The molecule has 0 saturated heterocycles. The third kappa shape index (κ3) is 9.62. The van der Waals surface area contributed by atoms with Crippen LogP contribution in [0.1, 0.15) is 48.2 Å². The minimum Gasteiger partial charge on any atom is -0.351 e. The van der Waals surface area contributed by atoms with Crippen LogP contribution in [0.2, 0.25) is 0 Å². The summed E-state index contributed by atoms with van der Waals surface area (Å²) in [6, 6.07) is 19.8. The summed E-state index contributed by atoms with van der Waals surface area (Å²) in [4.78, 5) is 19.1. The first-order valence-corrected chi connectivity index (χ1v) is 15.1. The minimum absolute atomic E-state index is 0.00554. The molecule has 240 valence electrons. The molecule has 0 unspecified atom stereocenters. The fourth-order valence-corrected chi connectivity index (χ4v) is 5.34. The van der Waals surface area contributed by atoms with E-state index in [9.17, 15) is 22.4 Å². The first kappa shape index (κ1) is 34.1. The smallest absolute Gasteiger partial charge is 0.351 e. The summed E-state index contributed by atoms with van der Waals surface area (Å²) < 4.78 is 58.0. The average Bonchev–Trinajstić information content (AvgIpc) is 3.43. The van der Waals surface area contributed by atoms with E-state index in [1.54, 1.807) is 30.7 Å². The van der Waals surface area contributed by atoms with Crippen LogP contribution in [-0.4, -0.2) is 38.1 Å². The van der Waals surface area contributed by atoms with Crippen molar-refractivity contribution in [2.45, 2.75) is 52.0 Å². The second-order valence-corrected chi connectivity index (χ2v) is 11.7. The lowest BCUT2D eigenvalue weighted by molar-refractivity contribution is -0.138. The van der Waals surface area contributed by atoms with Crippen LogP contribution in [0.4, 0.5) is 23.2 Å². The molecule has 0 aliphatic heterocycles. The van der Waals surface area contributed by atoms with Crippen molar-refractivity contribution in [2.24, 2.45) is 5.92 Å². The number of rotatable bonds is 12. The number of aromatic nitrogens is 2. The quantitative estimate of drug-likeness (QED) is 0.128. The topological polar surface area (TPSA) is 86.0 Å². The number of halogens is 4. The Kier molecular flexibility index (Phi) is 11.5. The number of anilines is 1. The molecule has 4 aromatic rings. The molecule has 2 N–H and O–H groups in total. The largest absolute Gasteiger partial charge is 0.416 e. The zero-order valence-electron chi connectivity index (χ0n) is 25.4. The molecule has 46 heavy (non-hydrogen) atoms. The summed E-state index contributed by atoms with van der Waals surface area (Å²) in [5, 5.41) is 14.9. The molecule has 7 nitrogen and oxygen atoms in total. The second-order valence-electron chi connectivity index (χ2n) is 11.3. The van der Waals surface area contributed by atoms with Gasteiger partial charge in [0.1, 0.15) is 5.82 Å². The summed E-state index contributed by atoms with van der Waals surface area (Å²) in [6.45, 7) is 4.25. The predicted octanol–water partition coefficient (Wildman–Crippen LogP) is 6.93. The summed E-state index contributed by atoms with van der Waals surface area (Å²) in [7, 11) is 0. The van der Waals surface area contributed by atoms with Crippen molar-refractivity contribution < 1.29 is 22.4 Å². The molecule has 3 aromatic carbocycles. The normalized spacial score (nSPS) is 12.0. The number of para-hydroxylation sites is 1. The van der Waals surface area contributed by atoms with Crippen molar-refractivity contribution in [2.75, 3.05) is 11.9 Å². The van der Waals surface area contributed by atoms with Gasteiger partial charge in [-0.25, -0.2) is 9.37 Å². The maximum absolute atomic E-state index is 14.5. The van der Waals surface area contributed by atoms with Crippen molar-refractivity contribution in [1.29, 1.82) is 5.26 Å². The highest BCUT2D eigenvalue weighted by atomic mass is 32.1. The molecule has 1 atom stereocenters. The maximum atomic E-state index is 14.5. The van der Waals surface area contributed by atoms with Gasteiger partial charge in [0.25, 0.3) is 0 Å². The summed E-state index contributed by atoms with van der Waals surface area (Å²) in [5.74, 6) is -0.731. The second kappa shape index (κ2) is 15.5. The van der Waals surface area contributed by atoms with Crippen LogP contribution in [0.5, 0.6) is 0 Å². The number of hydrogen-bond donors (Lipinski definition) is 2. The van der Waals surface area contributed by atoms with Gasteiger partial charge in [-0.2, -0.15) is 18.4 Å². The predicted molar refractivity (Wildman–Crippen MR) is 172 cm³/mol. The molecular weight excluding hydrogens is 616 g/mol. The summed E-state index contributed by atoms with van der Waals surface area (Å²) >= 11 is 5.61. The van der Waals surface area contributed by atoms with E-state index in [1.165, 1.54) is 41.3 Å². The van der Waals surface area contributed by atoms with Crippen molar-refractivity contribution in [3.63, 3.8) is 0 Å². The third-order valence-electron chi connectivity index (χ3n) is 7.22. The Morgan fingerprint density at radius 2 is 1.76 bits per heavy atom. The van der Waals surface area contributed by atoms with E-state index in [4.69, 9.17) is 17.5 Å². The number of benzene rings is 3. The third-order valence-corrected chi connectivity index (χ3v) is 7.58. The zero-order chi connectivity index (χ0) is 33.3. The van der Waals surface area contributed by atoms with Crippen LogP contribution in [0.15, 0.2) is 85.3 Å². The standard InChI is InChI=1S/C34H34F4N6OS/c1-23(2)15-27(41-32(45)16-28-18-40-22-44(28)19-25-13-11-24(17-39)12-14-25)21-43(33(46)42-31-10-6-5-9-30(31)35)20-26-7-3-4-8-29(26)34(36,37)38/h3-14,18,22-23,27H,15-16,19-21H2,1-2H3,(H,41,45)(H,42,46)/t27-/m0/s1. The van der Waals surface area contributed by atoms with Crippen molar-refractivity contribution in [3.8, 4) is 6.07 Å². The molecule has 1 aromatic heterocycles. The number of carbonyl (C=O) groups excluding carboxylic acids is 1. The number of nitrogens with one attached hydrogen (secondary N) is 2. The van der Waals surface area contributed by atoms with Crippen LogP contribution in [0.25, 0.3) is 0 Å². The highest BCUT2D eigenvalue weighted by molar-refractivity contribution is 7.80. The van der Waals surface area contributed by atoms with Crippen molar-refractivity contribution in [1.82, 2.24) is 19.8 Å². The highest BCUT2D eigenvalue weighted by Crippen LogP contribution is 2.32. The lowest BCUT2D eigenvalue weighted by Gasteiger charge is -2.32.